The van der Waals surface area contributed by atoms with Gasteiger partial charge in [-0.15, -0.1) is 4.98 Å². The molecule has 0 saturated carbocycles. The molecule has 5 nitrogen and oxygen atoms in total. The van der Waals surface area contributed by atoms with Crippen LogP contribution in [-0.4, -0.2) is 10.1 Å². The third-order valence-electron chi connectivity index (χ3n) is 9.23. The van der Waals surface area contributed by atoms with Crippen molar-refractivity contribution in [1.82, 2.24) is 15.3 Å². The van der Waals surface area contributed by atoms with Gasteiger partial charge in [-0.05, 0) is 78.9 Å². The maximum atomic E-state index is 6.94. The average molecular weight is 826 g/mol. The fourth-order valence-electron chi connectivity index (χ4n) is 6.62. The second kappa shape index (κ2) is 19.7. The zero-order valence-electron chi connectivity index (χ0n) is 30.9. The second-order valence-electron chi connectivity index (χ2n) is 12.9. The van der Waals surface area contributed by atoms with Gasteiger partial charge in [-0.25, -0.2) is 5.10 Å². The smallest absolute Gasteiger partial charge is 0.449 e. The number of ether oxygens (including phenoxy) is 1. The van der Waals surface area contributed by atoms with Crippen molar-refractivity contribution in [1.29, 1.82) is 0 Å². The predicted molar refractivity (Wildman–Crippen MR) is 235 cm³/mol. The fourth-order valence-corrected chi connectivity index (χ4v) is 11.9. The zero-order valence-corrected chi connectivity index (χ0v) is 33.9. The number of hydrogen-bond acceptors (Lipinski definition) is 3. The van der Waals surface area contributed by atoms with Crippen LogP contribution in [0.2, 0.25) is 0 Å². The summed E-state index contributed by atoms with van der Waals surface area (Å²) in [6.07, 6.45) is 3.61. The molecule has 0 amide bonds. The summed E-state index contributed by atoms with van der Waals surface area (Å²) in [4.78, 5) is 4.22. The summed E-state index contributed by atoms with van der Waals surface area (Å²) >= 11 is 0. The van der Waals surface area contributed by atoms with E-state index in [4.69, 9.17) is 4.74 Å². The van der Waals surface area contributed by atoms with Crippen LogP contribution in [0, 0.1) is 0 Å². The number of nitrogens with zero attached hydrogens (tertiary/aromatic N) is 4. The Balaban J connectivity index is 0.000000230. The van der Waals surface area contributed by atoms with Gasteiger partial charge in [0.15, 0.2) is 17.2 Å². The largest absolute Gasteiger partial charge is 1.00 e. The van der Waals surface area contributed by atoms with E-state index in [2.05, 4.69) is 185 Å². The molecule has 9 aromatic rings. The van der Waals surface area contributed by atoms with E-state index in [-0.39, 0.29) is 17.1 Å². The number of pyridine rings is 1. The van der Waals surface area contributed by atoms with Crippen molar-refractivity contribution in [3.63, 3.8) is 0 Å². The van der Waals surface area contributed by atoms with Crippen LogP contribution in [0.25, 0.3) is 17.1 Å². The van der Waals surface area contributed by atoms with Crippen molar-refractivity contribution in [2.24, 2.45) is 0 Å². The van der Waals surface area contributed by atoms with Gasteiger partial charge in [0.05, 0.1) is 6.20 Å². The Bertz CT molecular complexity index is 2310. The summed E-state index contributed by atoms with van der Waals surface area (Å²) in [6, 6.07) is 76.2. The first kappa shape index (κ1) is 39.3. The van der Waals surface area contributed by atoms with E-state index in [1.165, 1.54) is 31.8 Å². The number of aromatic nitrogens is 4. The molecule has 0 bridgehead atoms. The summed E-state index contributed by atoms with van der Waals surface area (Å²) < 4.78 is 8.61. The van der Waals surface area contributed by atoms with Gasteiger partial charge in [-0.3, -0.25) is 4.68 Å². The Morgan fingerprint density at radius 1 is 0.421 bits per heavy atom. The maximum absolute atomic E-state index is 6.94. The van der Waals surface area contributed by atoms with E-state index < -0.39 is 15.8 Å². The summed E-state index contributed by atoms with van der Waals surface area (Å²) in [5, 5.41) is 16.1. The van der Waals surface area contributed by atoms with Crippen LogP contribution in [0.15, 0.2) is 231 Å². The summed E-state index contributed by atoms with van der Waals surface area (Å²) in [7, 11) is -2.56. The molecule has 0 aliphatic heterocycles. The monoisotopic (exact) mass is 825 g/mol. The van der Waals surface area contributed by atoms with E-state index in [0.717, 1.165) is 28.6 Å². The Morgan fingerprint density at radius 2 is 0.807 bits per heavy atom. The van der Waals surface area contributed by atoms with Crippen molar-refractivity contribution in [2.45, 2.75) is 0 Å². The van der Waals surface area contributed by atoms with Crippen molar-refractivity contribution in [3.8, 4) is 28.6 Å². The fraction of sp³-hybridized carbons (Fsp3) is 0. The molecule has 0 unspecified atom stereocenters. The van der Waals surface area contributed by atoms with Gasteiger partial charge >= 0.3 is 17.1 Å². The molecule has 8 heteroatoms. The van der Waals surface area contributed by atoms with Gasteiger partial charge in [0.2, 0.25) is 0 Å². The summed E-state index contributed by atoms with van der Waals surface area (Å²) in [5.41, 5.74) is 1.89. The Kier molecular flexibility index (Phi) is 13.6. The van der Waals surface area contributed by atoms with Crippen LogP contribution in [-0.2, 0) is 17.1 Å². The molecule has 0 radical (unpaired) electrons. The van der Waals surface area contributed by atoms with E-state index in [9.17, 15) is 0 Å². The molecule has 280 valence electrons. The summed E-state index contributed by atoms with van der Waals surface area (Å²) in [6.45, 7) is 0. The van der Waals surface area contributed by atoms with Gasteiger partial charge in [0.25, 0.3) is 5.82 Å². The van der Waals surface area contributed by atoms with Gasteiger partial charge in [0, 0.05) is 11.6 Å². The van der Waals surface area contributed by atoms with E-state index in [0.29, 0.717) is 0 Å². The standard InChI is InChI=1S/C36H28OP2.C13H10N4.Cu/c1-5-17-29(18-6-1)38(30-19-7-2-8-20-30)35-27-15-13-25-33(35)37-34-26-14-16-28-36(34)39(31-21-9-3-10-22-31)32-23-11-4-12-24-32;1-2-6-11(7-3-1)12-10-17(16-15-12)13-8-4-5-9-14-13;/h1-28H;1-10H;/q;;+1/p+2. The van der Waals surface area contributed by atoms with E-state index in [1.807, 2.05) is 54.7 Å². The zero-order chi connectivity index (χ0) is 37.8. The second-order valence-corrected chi connectivity index (χ2v) is 17.8. The first-order chi connectivity index (χ1) is 27.8. The molecule has 0 atom stereocenters. The van der Waals surface area contributed by atoms with Crippen LogP contribution >= 0.6 is 15.8 Å². The van der Waals surface area contributed by atoms with Crippen LogP contribution < -0.4 is 46.5 Å². The molecule has 0 aliphatic rings. The molecule has 9 rings (SSSR count). The Morgan fingerprint density at radius 3 is 1.23 bits per heavy atom. The molecular weight excluding hydrogens is 786 g/mol. The molecule has 2 aromatic heterocycles. The van der Waals surface area contributed by atoms with Crippen LogP contribution in [0.3, 0.4) is 0 Å². The number of rotatable bonds is 10. The van der Waals surface area contributed by atoms with E-state index >= 15 is 0 Å². The van der Waals surface area contributed by atoms with Crippen molar-refractivity contribution >= 4 is 47.7 Å². The number of para-hydroxylation sites is 2. The van der Waals surface area contributed by atoms with Crippen LogP contribution in [0.5, 0.6) is 11.5 Å². The SMILES string of the molecule is [Cu+].c1ccc(-c2c[n+](-c3ccccn3)[n-]n2)cc1.c1ccc([PH+](c2ccccc2)c2ccccc2Oc2ccccc2[PH+](c2ccccc2)c2ccccc2)cc1. The first-order valence-electron chi connectivity index (χ1n) is 18.5. The van der Waals surface area contributed by atoms with Crippen molar-refractivity contribution < 1.29 is 26.5 Å². The first-order valence-corrected chi connectivity index (χ1v) is 21.5. The normalized spacial score (nSPS) is 10.6. The van der Waals surface area contributed by atoms with Crippen LogP contribution in [0.1, 0.15) is 0 Å². The third kappa shape index (κ3) is 9.70. The predicted octanol–water partition coefficient (Wildman–Crippen LogP) is 7.83. The van der Waals surface area contributed by atoms with Gasteiger partial charge in [0.1, 0.15) is 53.9 Å². The van der Waals surface area contributed by atoms with Gasteiger partial charge in [-0.1, -0.05) is 133 Å². The number of hydrogen-bond donors (Lipinski definition) is 0. The molecule has 2 heterocycles. The third-order valence-corrected chi connectivity index (χ3v) is 14.8. The van der Waals surface area contributed by atoms with Gasteiger partial charge < -0.3 is 9.95 Å². The van der Waals surface area contributed by atoms with Crippen molar-refractivity contribution in [2.75, 3.05) is 0 Å². The minimum absolute atomic E-state index is 0. The average Bonchev–Trinajstić information content (AvgIpc) is 3.78. The quantitative estimate of drug-likeness (QED) is 0.0802. The molecule has 57 heavy (non-hydrogen) atoms. The Hall–Kier alpha value is -5.99. The van der Waals surface area contributed by atoms with E-state index in [1.54, 1.807) is 10.9 Å². The Labute approximate surface area is 347 Å². The molecule has 0 N–H and O–H groups in total. The molecule has 0 fully saturated rings. The molecular formula is C49H40CuN4OP2+3. The molecule has 0 spiro atoms. The molecule has 0 saturated heterocycles. The number of benzene rings is 7. The molecule has 0 aliphatic carbocycles. The minimum atomic E-state index is -1.28. The van der Waals surface area contributed by atoms with Gasteiger partial charge in [-0.2, -0.15) is 0 Å². The molecule has 7 aromatic carbocycles. The summed E-state index contributed by atoms with van der Waals surface area (Å²) in [5.74, 6) is 2.62. The minimum Gasteiger partial charge on any atom is -0.449 e. The van der Waals surface area contributed by atoms with Crippen molar-refractivity contribution in [3.05, 3.63) is 231 Å². The van der Waals surface area contributed by atoms with Crippen LogP contribution in [0.4, 0.5) is 0 Å². The maximum Gasteiger partial charge on any atom is 1.00 e. The topological polar surface area (TPSA) is 53.0 Å².